The van der Waals surface area contributed by atoms with Crippen LogP contribution in [0.1, 0.15) is 5.56 Å². The van der Waals surface area contributed by atoms with Gasteiger partial charge in [0.1, 0.15) is 0 Å². The van der Waals surface area contributed by atoms with E-state index in [1.807, 2.05) is 30.3 Å². The number of aromatic nitrogens is 2. The Kier molecular flexibility index (Phi) is 6.13. The zero-order valence-corrected chi connectivity index (χ0v) is 18.1. The molecule has 174 valence electrons. The summed E-state index contributed by atoms with van der Waals surface area (Å²) in [7, 11) is -3.97. The van der Waals surface area contributed by atoms with Crippen LogP contribution in [0.5, 0.6) is 0 Å². The molecule has 33 heavy (non-hydrogen) atoms. The Morgan fingerprint density at radius 2 is 1.55 bits per heavy atom. The molecule has 8 nitrogen and oxygen atoms in total. The SMILES string of the molecule is O=C(Nc1ccn(-c2ccccc2)n1)N1CCN(S(=O)(=O)c2ccc(C(F)(F)F)cc2)CC1. The third kappa shape index (κ3) is 5.01. The quantitative estimate of drug-likeness (QED) is 0.621. The summed E-state index contributed by atoms with van der Waals surface area (Å²) in [6.45, 7) is 0.306. The van der Waals surface area contributed by atoms with Crippen LogP contribution in [-0.2, 0) is 16.2 Å². The van der Waals surface area contributed by atoms with Gasteiger partial charge in [0.25, 0.3) is 0 Å². The van der Waals surface area contributed by atoms with Crippen molar-refractivity contribution in [3.8, 4) is 5.69 Å². The summed E-state index contributed by atoms with van der Waals surface area (Å²) in [5.41, 5.74) is -0.0854. The van der Waals surface area contributed by atoms with E-state index in [-0.39, 0.29) is 31.1 Å². The predicted octanol–water partition coefficient (Wildman–Crippen LogP) is 3.43. The standard InChI is InChI=1S/C21H20F3N5O3S/c22-21(23,24)16-6-8-18(9-7-16)33(31,32)28-14-12-27(13-15-28)20(30)25-19-10-11-29(26-19)17-4-2-1-3-5-17/h1-11H,12-15H2,(H,25,26,30). The average Bonchev–Trinajstić information content (AvgIpc) is 3.28. The number of amides is 2. The van der Waals surface area contributed by atoms with Crippen LogP contribution in [0, 0.1) is 0 Å². The third-order valence-corrected chi connectivity index (χ3v) is 7.10. The molecule has 1 aliphatic rings. The summed E-state index contributed by atoms with van der Waals surface area (Å²) in [4.78, 5) is 13.8. The minimum absolute atomic E-state index is 0.0230. The molecule has 0 unspecified atom stereocenters. The van der Waals surface area contributed by atoms with Gasteiger partial charge in [0.15, 0.2) is 5.82 Å². The number of halogens is 3. The fraction of sp³-hybridized carbons (Fsp3) is 0.238. The van der Waals surface area contributed by atoms with Crippen molar-refractivity contribution >= 4 is 21.9 Å². The number of nitrogens with one attached hydrogen (secondary N) is 1. The fourth-order valence-electron chi connectivity index (χ4n) is 3.40. The number of hydrogen-bond acceptors (Lipinski definition) is 4. The van der Waals surface area contributed by atoms with E-state index in [4.69, 9.17) is 0 Å². The largest absolute Gasteiger partial charge is 0.416 e. The van der Waals surface area contributed by atoms with Gasteiger partial charge in [-0.1, -0.05) is 18.2 Å². The number of carbonyl (C=O) groups is 1. The summed E-state index contributed by atoms with van der Waals surface area (Å²) in [5.74, 6) is 0.351. The molecule has 0 spiro atoms. The first-order valence-corrected chi connectivity index (χ1v) is 11.4. The summed E-state index contributed by atoms with van der Waals surface area (Å²) in [6, 6.07) is 14.0. The Bertz CT molecular complexity index is 1220. The number of nitrogens with zero attached hydrogens (tertiary/aromatic N) is 4. The highest BCUT2D eigenvalue weighted by molar-refractivity contribution is 7.89. The highest BCUT2D eigenvalue weighted by Crippen LogP contribution is 2.30. The molecule has 0 atom stereocenters. The highest BCUT2D eigenvalue weighted by atomic mass is 32.2. The van der Waals surface area contributed by atoms with Crippen LogP contribution in [0.25, 0.3) is 5.69 Å². The van der Waals surface area contributed by atoms with Gasteiger partial charge >= 0.3 is 12.2 Å². The van der Waals surface area contributed by atoms with Crippen LogP contribution >= 0.6 is 0 Å². The van der Waals surface area contributed by atoms with E-state index in [1.165, 1.54) is 4.90 Å². The Morgan fingerprint density at radius 3 is 2.15 bits per heavy atom. The normalized spacial score (nSPS) is 15.4. The first-order valence-electron chi connectivity index (χ1n) is 9.99. The van der Waals surface area contributed by atoms with Crippen molar-refractivity contribution in [1.82, 2.24) is 19.0 Å². The van der Waals surface area contributed by atoms with E-state index in [1.54, 1.807) is 16.9 Å². The fourth-order valence-corrected chi connectivity index (χ4v) is 4.82. The molecule has 2 amide bonds. The summed E-state index contributed by atoms with van der Waals surface area (Å²) in [6.07, 6.45) is -2.84. The summed E-state index contributed by atoms with van der Waals surface area (Å²) in [5, 5.41) is 6.99. The molecule has 1 aromatic heterocycles. The second-order valence-corrected chi connectivity index (χ2v) is 9.26. The van der Waals surface area contributed by atoms with E-state index in [0.717, 1.165) is 34.3 Å². The second kappa shape index (κ2) is 8.87. The summed E-state index contributed by atoms with van der Waals surface area (Å²) >= 11 is 0. The monoisotopic (exact) mass is 479 g/mol. The average molecular weight is 479 g/mol. The molecule has 0 bridgehead atoms. The van der Waals surface area contributed by atoms with Gasteiger partial charge in [-0.2, -0.15) is 17.5 Å². The van der Waals surface area contributed by atoms with Crippen molar-refractivity contribution < 1.29 is 26.4 Å². The minimum Gasteiger partial charge on any atom is -0.322 e. The lowest BCUT2D eigenvalue weighted by Gasteiger charge is -2.33. The molecule has 1 N–H and O–H groups in total. The van der Waals surface area contributed by atoms with E-state index >= 15 is 0 Å². The number of carbonyl (C=O) groups excluding carboxylic acids is 1. The Balaban J connectivity index is 1.35. The van der Waals surface area contributed by atoms with Gasteiger partial charge in [0, 0.05) is 38.4 Å². The highest BCUT2D eigenvalue weighted by Gasteiger charge is 2.33. The van der Waals surface area contributed by atoms with Crippen LogP contribution in [0.4, 0.5) is 23.8 Å². The molecule has 0 radical (unpaired) electrons. The molecule has 4 rings (SSSR count). The minimum atomic E-state index is -4.54. The van der Waals surface area contributed by atoms with E-state index < -0.39 is 27.8 Å². The van der Waals surface area contributed by atoms with Crippen LogP contribution < -0.4 is 5.32 Å². The number of rotatable bonds is 4. The van der Waals surface area contributed by atoms with Gasteiger partial charge in [-0.05, 0) is 36.4 Å². The number of urea groups is 1. The summed E-state index contributed by atoms with van der Waals surface area (Å²) < 4.78 is 66.5. The molecule has 1 saturated heterocycles. The lowest BCUT2D eigenvalue weighted by Crippen LogP contribution is -2.51. The van der Waals surface area contributed by atoms with Crippen molar-refractivity contribution in [2.45, 2.75) is 11.1 Å². The predicted molar refractivity (Wildman–Crippen MR) is 114 cm³/mol. The van der Waals surface area contributed by atoms with Crippen molar-refractivity contribution in [1.29, 1.82) is 0 Å². The third-order valence-electron chi connectivity index (χ3n) is 5.19. The van der Waals surface area contributed by atoms with Gasteiger partial charge in [-0.25, -0.2) is 17.9 Å². The van der Waals surface area contributed by atoms with Gasteiger partial charge in [0.05, 0.1) is 16.1 Å². The number of sulfonamides is 1. The molecule has 3 aromatic rings. The maximum absolute atomic E-state index is 12.8. The lowest BCUT2D eigenvalue weighted by atomic mass is 10.2. The molecule has 2 heterocycles. The zero-order valence-electron chi connectivity index (χ0n) is 17.2. The molecule has 0 saturated carbocycles. The smallest absolute Gasteiger partial charge is 0.322 e. The Morgan fingerprint density at radius 1 is 0.909 bits per heavy atom. The first-order chi connectivity index (χ1) is 15.6. The molecular weight excluding hydrogens is 459 g/mol. The van der Waals surface area contributed by atoms with Gasteiger partial charge in [-0.15, -0.1) is 5.10 Å². The van der Waals surface area contributed by atoms with Crippen molar-refractivity contribution in [2.24, 2.45) is 0 Å². The topological polar surface area (TPSA) is 87.5 Å². The molecule has 0 aliphatic carbocycles. The second-order valence-electron chi connectivity index (χ2n) is 7.32. The van der Waals surface area contributed by atoms with E-state index in [2.05, 4.69) is 10.4 Å². The number of para-hydroxylation sites is 1. The van der Waals surface area contributed by atoms with Crippen LogP contribution in [0.3, 0.4) is 0 Å². The molecule has 1 fully saturated rings. The van der Waals surface area contributed by atoms with E-state index in [0.29, 0.717) is 5.82 Å². The van der Waals surface area contributed by atoms with E-state index in [9.17, 15) is 26.4 Å². The van der Waals surface area contributed by atoms with Gasteiger partial charge in [0.2, 0.25) is 10.0 Å². The van der Waals surface area contributed by atoms with Gasteiger partial charge < -0.3 is 4.90 Å². The number of piperazine rings is 1. The number of benzene rings is 2. The number of anilines is 1. The van der Waals surface area contributed by atoms with Gasteiger partial charge in [-0.3, -0.25) is 5.32 Å². The van der Waals surface area contributed by atoms with Crippen molar-refractivity contribution in [3.05, 3.63) is 72.4 Å². The lowest BCUT2D eigenvalue weighted by molar-refractivity contribution is -0.137. The molecule has 12 heteroatoms. The number of hydrogen-bond donors (Lipinski definition) is 1. The Hall–Kier alpha value is -3.38. The van der Waals surface area contributed by atoms with Crippen molar-refractivity contribution in [2.75, 3.05) is 31.5 Å². The number of alkyl halides is 3. The maximum atomic E-state index is 12.8. The molecule has 1 aliphatic heterocycles. The van der Waals surface area contributed by atoms with Crippen LogP contribution in [0.15, 0.2) is 71.8 Å². The first kappa shape index (κ1) is 22.8. The molecule has 2 aromatic carbocycles. The molecular formula is C21H20F3N5O3S. The Labute approximate surface area is 188 Å². The van der Waals surface area contributed by atoms with Crippen LogP contribution in [0.2, 0.25) is 0 Å². The van der Waals surface area contributed by atoms with Crippen molar-refractivity contribution in [3.63, 3.8) is 0 Å². The maximum Gasteiger partial charge on any atom is 0.416 e. The zero-order chi connectivity index (χ0) is 23.6. The van der Waals surface area contributed by atoms with Crippen LogP contribution in [-0.4, -0.2) is 59.6 Å².